The standard InChI is InChI=1S/C7H11N3O2S/c1-10(13(2,11)12)7-4-3-6(8)5-9-7/h3-5H,8H2,1-2H3. The first kappa shape index (κ1) is 9.79. The maximum atomic E-state index is 11.1. The SMILES string of the molecule is CN(c1ccc(N)cn1)S(C)(=O)=O. The van der Waals surface area contributed by atoms with E-state index in [1.807, 2.05) is 0 Å². The molecule has 0 spiro atoms. The Bertz CT molecular complexity index is 385. The molecule has 0 atom stereocenters. The minimum Gasteiger partial charge on any atom is -0.397 e. The van der Waals surface area contributed by atoms with Gasteiger partial charge in [-0.15, -0.1) is 0 Å². The van der Waals surface area contributed by atoms with Gasteiger partial charge in [-0.05, 0) is 12.1 Å². The van der Waals surface area contributed by atoms with Crippen LogP contribution in [0.1, 0.15) is 0 Å². The molecule has 0 radical (unpaired) electrons. The van der Waals surface area contributed by atoms with Crippen LogP contribution in [0.4, 0.5) is 11.5 Å². The lowest BCUT2D eigenvalue weighted by molar-refractivity contribution is 0.600. The molecule has 13 heavy (non-hydrogen) atoms. The van der Waals surface area contributed by atoms with E-state index in [2.05, 4.69) is 4.98 Å². The number of anilines is 2. The van der Waals surface area contributed by atoms with E-state index in [-0.39, 0.29) is 0 Å². The summed E-state index contributed by atoms with van der Waals surface area (Å²) in [6.07, 6.45) is 2.53. The molecule has 0 fully saturated rings. The average molecular weight is 201 g/mol. The first-order valence-electron chi connectivity index (χ1n) is 3.56. The van der Waals surface area contributed by atoms with Crippen LogP contribution in [0.15, 0.2) is 18.3 Å². The Labute approximate surface area is 77.2 Å². The van der Waals surface area contributed by atoms with Crippen molar-refractivity contribution < 1.29 is 8.42 Å². The van der Waals surface area contributed by atoms with E-state index >= 15 is 0 Å². The van der Waals surface area contributed by atoms with E-state index in [1.54, 1.807) is 12.1 Å². The van der Waals surface area contributed by atoms with Crippen LogP contribution in [-0.2, 0) is 10.0 Å². The smallest absolute Gasteiger partial charge is 0.233 e. The Hall–Kier alpha value is -1.30. The number of pyridine rings is 1. The second kappa shape index (κ2) is 3.21. The van der Waals surface area contributed by atoms with Gasteiger partial charge in [-0.3, -0.25) is 4.31 Å². The molecule has 0 aliphatic carbocycles. The zero-order chi connectivity index (χ0) is 10.1. The maximum Gasteiger partial charge on any atom is 0.233 e. The van der Waals surface area contributed by atoms with Crippen LogP contribution in [0, 0.1) is 0 Å². The largest absolute Gasteiger partial charge is 0.397 e. The van der Waals surface area contributed by atoms with Gasteiger partial charge >= 0.3 is 0 Å². The van der Waals surface area contributed by atoms with Crippen LogP contribution < -0.4 is 10.0 Å². The number of hydrogen-bond acceptors (Lipinski definition) is 4. The van der Waals surface area contributed by atoms with Crippen LogP contribution in [0.2, 0.25) is 0 Å². The second-order valence-electron chi connectivity index (χ2n) is 2.68. The number of nitrogens with zero attached hydrogens (tertiary/aromatic N) is 2. The lowest BCUT2D eigenvalue weighted by Crippen LogP contribution is -2.25. The summed E-state index contributed by atoms with van der Waals surface area (Å²) in [5.74, 6) is 0.358. The number of hydrogen-bond donors (Lipinski definition) is 1. The molecule has 0 aliphatic heterocycles. The summed E-state index contributed by atoms with van der Waals surface area (Å²) in [6.45, 7) is 0. The summed E-state index contributed by atoms with van der Waals surface area (Å²) < 4.78 is 23.2. The molecule has 6 heteroatoms. The van der Waals surface area contributed by atoms with Crippen molar-refractivity contribution in [1.82, 2.24) is 4.98 Å². The summed E-state index contributed by atoms with van der Waals surface area (Å²) in [6, 6.07) is 3.15. The predicted molar refractivity (Wildman–Crippen MR) is 51.9 cm³/mol. The van der Waals surface area contributed by atoms with E-state index < -0.39 is 10.0 Å². The molecule has 2 N–H and O–H groups in total. The van der Waals surface area contributed by atoms with Crippen LogP contribution in [0.25, 0.3) is 0 Å². The van der Waals surface area contributed by atoms with Crippen molar-refractivity contribution in [2.45, 2.75) is 0 Å². The van der Waals surface area contributed by atoms with E-state index in [0.29, 0.717) is 11.5 Å². The monoisotopic (exact) mass is 201 g/mol. The minimum atomic E-state index is -3.24. The Morgan fingerprint density at radius 2 is 2.08 bits per heavy atom. The van der Waals surface area contributed by atoms with E-state index in [1.165, 1.54) is 13.2 Å². The highest BCUT2D eigenvalue weighted by molar-refractivity contribution is 7.92. The molecule has 0 saturated carbocycles. The first-order chi connectivity index (χ1) is 5.91. The van der Waals surface area contributed by atoms with Crippen LogP contribution in [0.3, 0.4) is 0 Å². The summed E-state index contributed by atoms with van der Waals surface area (Å²) >= 11 is 0. The first-order valence-corrected chi connectivity index (χ1v) is 5.41. The number of sulfonamides is 1. The molecule has 1 rings (SSSR count). The van der Waals surface area contributed by atoms with Crippen molar-refractivity contribution >= 4 is 21.5 Å². The maximum absolute atomic E-state index is 11.1. The fourth-order valence-electron chi connectivity index (χ4n) is 0.754. The van der Waals surface area contributed by atoms with Gasteiger partial charge in [-0.2, -0.15) is 0 Å². The summed E-state index contributed by atoms with van der Waals surface area (Å²) in [5, 5.41) is 0. The molecule has 0 aromatic carbocycles. The van der Waals surface area contributed by atoms with Gasteiger partial charge in [0, 0.05) is 7.05 Å². The summed E-state index contributed by atoms with van der Waals surface area (Å²) in [4.78, 5) is 3.87. The van der Waals surface area contributed by atoms with Gasteiger partial charge < -0.3 is 5.73 Å². The van der Waals surface area contributed by atoms with Crippen molar-refractivity contribution in [3.63, 3.8) is 0 Å². The number of nitrogens with two attached hydrogens (primary N) is 1. The molecular weight excluding hydrogens is 190 g/mol. The van der Waals surface area contributed by atoms with Crippen molar-refractivity contribution in [1.29, 1.82) is 0 Å². The Kier molecular flexibility index (Phi) is 2.42. The summed E-state index contributed by atoms with van der Waals surface area (Å²) in [7, 11) is -1.80. The van der Waals surface area contributed by atoms with Crippen molar-refractivity contribution in [3.05, 3.63) is 18.3 Å². The van der Waals surface area contributed by atoms with Crippen LogP contribution in [-0.4, -0.2) is 26.7 Å². The molecule has 0 unspecified atom stereocenters. The van der Waals surface area contributed by atoms with Gasteiger partial charge in [0.15, 0.2) is 0 Å². The van der Waals surface area contributed by atoms with Gasteiger partial charge in [0.05, 0.1) is 18.1 Å². The van der Waals surface area contributed by atoms with Crippen LogP contribution in [0.5, 0.6) is 0 Å². The van der Waals surface area contributed by atoms with E-state index in [9.17, 15) is 8.42 Å². The third-order valence-electron chi connectivity index (χ3n) is 1.59. The van der Waals surface area contributed by atoms with Gasteiger partial charge in [0.25, 0.3) is 0 Å². The normalized spacial score (nSPS) is 11.2. The fourth-order valence-corrected chi connectivity index (χ4v) is 1.20. The average Bonchev–Trinajstić information content (AvgIpc) is 2.03. The third kappa shape index (κ3) is 2.32. The molecule has 1 aromatic heterocycles. The highest BCUT2D eigenvalue weighted by Gasteiger charge is 2.11. The lowest BCUT2D eigenvalue weighted by atomic mass is 10.4. The van der Waals surface area contributed by atoms with E-state index in [0.717, 1.165) is 10.6 Å². The zero-order valence-electron chi connectivity index (χ0n) is 7.43. The van der Waals surface area contributed by atoms with Crippen molar-refractivity contribution in [3.8, 4) is 0 Å². The van der Waals surface area contributed by atoms with Gasteiger partial charge in [0.1, 0.15) is 5.82 Å². The fraction of sp³-hybridized carbons (Fsp3) is 0.286. The molecule has 72 valence electrons. The number of rotatable bonds is 2. The Balaban J connectivity index is 3.04. The number of aromatic nitrogens is 1. The van der Waals surface area contributed by atoms with Gasteiger partial charge in [-0.1, -0.05) is 0 Å². The molecule has 1 heterocycles. The quantitative estimate of drug-likeness (QED) is 0.734. The minimum absolute atomic E-state index is 0.358. The second-order valence-corrected chi connectivity index (χ2v) is 4.69. The molecular formula is C7H11N3O2S. The topological polar surface area (TPSA) is 76.3 Å². The zero-order valence-corrected chi connectivity index (χ0v) is 8.25. The molecule has 0 aliphatic rings. The molecule has 0 saturated heterocycles. The summed E-state index contributed by atoms with van der Waals surface area (Å²) in [5.41, 5.74) is 5.91. The van der Waals surface area contributed by atoms with Crippen molar-refractivity contribution in [2.75, 3.05) is 23.3 Å². The molecule has 5 nitrogen and oxygen atoms in total. The van der Waals surface area contributed by atoms with E-state index in [4.69, 9.17) is 5.73 Å². The van der Waals surface area contributed by atoms with Gasteiger partial charge in [0.2, 0.25) is 10.0 Å². The predicted octanol–water partition coefficient (Wildman–Crippen LogP) is 0.0596. The molecule has 0 bridgehead atoms. The third-order valence-corrected chi connectivity index (χ3v) is 2.77. The number of nitrogen functional groups attached to an aromatic ring is 1. The molecule has 0 amide bonds. The van der Waals surface area contributed by atoms with Crippen molar-refractivity contribution in [2.24, 2.45) is 0 Å². The Morgan fingerprint density at radius 1 is 1.46 bits per heavy atom. The Morgan fingerprint density at radius 3 is 2.46 bits per heavy atom. The highest BCUT2D eigenvalue weighted by atomic mass is 32.2. The van der Waals surface area contributed by atoms with Gasteiger partial charge in [-0.25, -0.2) is 13.4 Å². The lowest BCUT2D eigenvalue weighted by Gasteiger charge is -2.14. The van der Waals surface area contributed by atoms with Crippen LogP contribution >= 0.6 is 0 Å². The highest BCUT2D eigenvalue weighted by Crippen LogP contribution is 2.12. The molecule has 1 aromatic rings.